The van der Waals surface area contributed by atoms with E-state index in [-0.39, 0.29) is 41.5 Å². The van der Waals surface area contributed by atoms with E-state index in [4.69, 9.17) is 16.2 Å². The molecular formula is C51H59N3O5S2. The van der Waals surface area contributed by atoms with Crippen molar-refractivity contribution in [1.29, 1.82) is 0 Å². The second-order valence-corrected chi connectivity index (χ2v) is 20.8. The Morgan fingerprint density at radius 3 is 2.54 bits per heavy atom. The van der Waals surface area contributed by atoms with Gasteiger partial charge in [0.15, 0.2) is 23.1 Å². The van der Waals surface area contributed by atoms with Crippen LogP contribution >= 0.6 is 21.6 Å². The molecule has 0 amide bonds. The topological polar surface area (TPSA) is 152 Å². The van der Waals surface area contributed by atoms with Crippen LogP contribution in [0.25, 0.3) is 0 Å². The van der Waals surface area contributed by atoms with E-state index in [1.54, 1.807) is 29.1 Å². The molecule has 3 aromatic carbocycles. The van der Waals surface area contributed by atoms with Gasteiger partial charge >= 0.3 is 0 Å². The Morgan fingerprint density at radius 2 is 1.72 bits per heavy atom. The molecule has 320 valence electrons. The first kappa shape index (κ1) is 43.3. The number of rotatable bonds is 4. The molecule has 8 bridgehead atoms. The molecule has 0 spiro atoms. The van der Waals surface area contributed by atoms with Crippen LogP contribution in [0.3, 0.4) is 0 Å². The van der Waals surface area contributed by atoms with E-state index in [9.17, 15) is 19.8 Å². The number of phenolic OH excluding ortho intramolecular Hbond substituents is 2. The minimum absolute atomic E-state index is 0.0205. The van der Waals surface area contributed by atoms with Gasteiger partial charge in [-0.2, -0.15) is 0 Å². The first-order chi connectivity index (χ1) is 29.5. The fraction of sp³-hybridized carbons (Fsp3) is 0.451. The first-order valence-corrected chi connectivity index (χ1v) is 24.5. The normalized spacial score (nSPS) is 23.3. The second-order valence-electron chi connectivity index (χ2n) is 18.3. The SMILES string of the molecule is CC1(CCC23C=CC(=O)CCc4ccc(O)c(c4)OCCc4ccc(O)c(c4)C4CC(=O)c5cc[nH]c5CC#Cc5cc(C(N)N)c(cc54)CSSCC(CC2)C3)CCCC1. The van der Waals surface area contributed by atoms with Crippen molar-refractivity contribution < 1.29 is 24.5 Å². The lowest BCUT2D eigenvalue weighted by Gasteiger charge is -2.32. The highest BCUT2D eigenvalue weighted by atomic mass is 33.1. The molecule has 10 heteroatoms. The van der Waals surface area contributed by atoms with Gasteiger partial charge in [-0.15, -0.1) is 0 Å². The molecule has 4 aromatic rings. The van der Waals surface area contributed by atoms with E-state index < -0.39 is 12.1 Å². The maximum atomic E-state index is 14.2. The van der Waals surface area contributed by atoms with E-state index in [1.807, 2.05) is 53.3 Å². The van der Waals surface area contributed by atoms with Gasteiger partial charge in [-0.25, -0.2) is 0 Å². The Labute approximate surface area is 368 Å². The van der Waals surface area contributed by atoms with Gasteiger partial charge in [-0.1, -0.05) is 83.5 Å². The molecule has 8 nitrogen and oxygen atoms in total. The zero-order chi connectivity index (χ0) is 42.6. The number of aromatic nitrogens is 1. The number of aromatic amines is 1. The third kappa shape index (κ3) is 10.3. The number of carbonyl (C=O) groups is 2. The van der Waals surface area contributed by atoms with Gasteiger partial charge in [0, 0.05) is 65.3 Å². The summed E-state index contributed by atoms with van der Waals surface area (Å²) in [5.74, 6) is 9.00. The predicted octanol–water partition coefficient (Wildman–Crippen LogP) is 10.4. The van der Waals surface area contributed by atoms with Crippen molar-refractivity contribution in [2.45, 2.75) is 115 Å². The summed E-state index contributed by atoms with van der Waals surface area (Å²) in [5.41, 5.74) is 20.6. The fourth-order valence-corrected chi connectivity index (χ4v) is 12.7. The molecule has 0 saturated heterocycles. The zero-order valence-corrected chi connectivity index (χ0v) is 36.9. The molecule has 2 heterocycles. The van der Waals surface area contributed by atoms with E-state index in [0.29, 0.717) is 59.6 Å². The largest absolute Gasteiger partial charge is 0.508 e. The molecule has 4 aliphatic rings. The zero-order valence-electron chi connectivity index (χ0n) is 35.3. The monoisotopic (exact) mass is 857 g/mol. The number of aryl methyl sites for hydroxylation is 1. The third-order valence-electron chi connectivity index (χ3n) is 13.9. The highest BCUT2D eigenvalue weighted by Crippen LogP contribution is 2.52. The van der Waals surface area contributed by atoms with Crippen LogP contribution in [-0.4, -0.2) is 39.1 Å². The molecule has 3 aliphatic carbocycles. The molecule has 2 saturated carbocycles. The molecule has 0 radical (unpaired) electrons. The fourth-order valence-electron chi connectivity index (χ4n) is 10.2. The number of hydrogen-bond donors (Lipinski definition) is 5. The maximum absolute atomic E-state index is 14.2. The van der Waals surface area contributed by atoms with Crippen LogP contribution in [0.2, 0.25) is 0 Å². The number of allylic oxidation sites excluding steroid dienone is 2. The van der Waals surface area contributed by atoms with Crippen molar-refractivity contribution in [3.05, 3.63) is 123 Å². The van der Waals surface area contributed by atoms with Gasteiger partial charge in [-0.05, 0) is 132 Å². The van der Waals surface area contributed by atoms with Crippen LogP contribution in [-0.2, 0) is 29.8 Å². The van der Waals surface area contributed by atoms with Crippen LogP contribution in [0.4, 0.5) is 0 Å². The average molecular weight is 858 g/mol. The summed E-state index contributed by atoms with van der Waals surface area (Å²) in [7, 11) is 3.69. The number of ketones is 2. The number of ether oxygens (including phenoxy) is 1. The van der Waals surface area contributed by atoms with Crippen molar-refractivity contribution in [3.63, 3.8) is 0 Å². The number of carbonyl (C=O) groups excluding carboxylic acids is 2. The van der Waals surface area contributed by atoms with Gasteiger partial charge in [0.1, 0.15) is 5.75 Å². The summed E-state index contributed by atoms with van der Waals surface area (Å²) >= 11 is 0. The van der Waals surface area contributed by atoms with Crippen LogP contribution in [0.5, 0.6) is 17.2 Å². The van der Waals surface area contributed by atoms with Crippen molar-refractivity contribution in [2.24, 2.45) is 28.2 Å². The highest BCUT2D eigenvalue weighted by Gasteiger charge is 2.40. The Kier molecular flexibility index (Phi) is 13.4. The Balaban J connectivity index is 1.14. The molecule has 2 fully saturated rings. The highest BCUT2D eigenvalue weighted by molar-refractivity contribution is 8.76. The van der Waals surface area contributed by atoms with Crippen molar-refractivity contribution >= 4 is 33.2 Å². The van der Waals surface area contributed by atoms with Gasteiger partial charge in [0.2, 0.25) is 0 Å². The minimum atomic E-state index is -0.724. The number of aromatic hydroxyl groups is 2. The molecule has 3 unspecified atom stereocenters. The quantitative estimate of drug-likeness (QED) is 0.0767. The smallest absolute Gasteiger partial charge is 0.165 e. The molecule has 1 aliphatic heterocycles. The number of nitrogens with one attached hydrogen (secondary N) is 1. The summed E-state index contributed by atoms with van der Waals surface area (Å²) in [6, 6.07) is 16.7. The first-order valence-electron chi connectivity index (χ1n) is 22.1. The average Bonchev–Trinajstić information content (AvgIpc) is 4.01. The molecule has 7 N–H and O–H groups in total. The number of fused-ring (bicyclic) bond motifs is 9. The molecular weight excluding hydrogens is 799 g/mol. The van der Waals surface area contributed by atoms with Crippen molar-refractivity contribution in [3.8, 4) is 29.1 Å². The van der Waals surface area contributed by atoms with Crippen molar-refractivity contribution in [1.82, 2.24) is 4.98 Å². The van der Waals surface area contributed by atoms with Gasteiger partial charge < -0.3 is 31.4 Å². The number of benzene rings is 3. The van der Waals surface area contributed by atoms with Crippen molar-refractivity contribution in [2.75, 3.05) is 12.4 Å². The van der Waals surface area contributed by atoms with E-state index >= 15 is 0 Å². The van der Waals surface area contributed by atoms with Crippen LogP contribution in [0.15, 0.2) is 72.9 Å². The summed E-state index contributed by atoms with van der Waals surface area (Å²) < 4.78 is 6.16. The van der Waals surface area contributed by atoms with E-state index in [0.717, 1.165) is 70.5 Å². The van der Waals surface area contributed by atoms with Gasteiger partial charge in [-0.3, -0.25) is 9.59 Å². The Bertz CT molecular complexity index is 2350. The Hall–Kier alpha value is -4.40. The number of nitrogens with two attached hydrogens (primary N) is 2. The van der Waals surface area contributed by atoms with Gasteiger partial charge in [0.05, 0.1) is 19.2 Å². The molecule has 61 heavy (non-hydrogen) atoms. The third-order valence-corrected chi connectivity index (χ3v) is 16.3. The molecule has 3 atom stereocenters. The van der Waals surface area contributed by atoms with E-state index in [1.165, 1.54) is 32.1 Å². The standard InChI is InChI=1S/C51H59N3O5S2/c1-50(17-2-3-18-50)21-22-51-19-13-35(30-51)31-60-61-32-37-28-40-36(27-41(37)49(52)53)5-4-6-44-39(15-23-54-44)47(58)29-42(40)43-25-34(8-11-45(43)56)16-24-59-48-26-33(9-12-46(48)57)7-10-38(55)14-20-51/h8-9,11-12,14-15,20,23,25-28,35,42,49,54,56-57H,2-3,6-7,10,13,16-19,21-22,24,29-32,52-53H2,1H3. The van der Waals surface area contributed by atoms with Gasteiger partial charge in [0.25, 0.3) is 0 Å². The summed E-state index contributed by atoms with van der Waals surface area (Å²) in [4.78, 5) is 30.8. The maximum Gasteiger partial charge on any atom is 0.165 e. The second kappa shape index (κ2) is 18.9. The lowest BCUT2D eigenvalue weighted by molar-refractivity contribution is -0.114. The summed E-state index contributed by atoms with van der Waals surface area (Å²) in [6.07, 6.45) is 18.0. The molecule has 8 rings (SSSR count). The number of Topliss-reactive ketones (excluding diaryl/α,β-unsaturated/α-hetero) is 1. The molecule has 1 aromatic heterocycles. The lowest BCUT2D eigenvalue weighted by atomic mass is 9.73. The van der Waals surface area contributed by atoms with Crippen LogP contribution < -0.4 is 16.2 Å². The van der Waals surface area contributed by atoms with E-state index in [2.05, 4.69) is 35.9 Å². The van der Waals surface area contributed by atoms with Crippen LogP contribution in [0.1, 0.15) is 145 Å². The Morgan fingerprint density at radius 1 is 0.918 bits per heavy atom. The summed E-state index contributed by atoms with van der Waals surface area (Å²) in [5, 5.41) is 22.3. The predicted molar refractivity (Wildman–Crippen MR) is 247 cm³/mol. The minimum Gasteiger partial charge on any atom is -0.508 e. The summed E-state index contributed by atoms with van der Waals surface area (Å²) in [6.45, 7) is 2.72. The lowest BCUT2D eigenvalue weighted by Crippen LogP contribution is -2.22. The number of phenols is 2. The number of H-pyrrole nitrogens is 1. The number of hydrogen-bond acceptors (Lipinski definition) is 9. The van der Waals surface area contributed by atoms with Crippen LogP contribution in [0, 0.1) is 28.6 Å².